The van der Waals surface area contributed by atoms with E-state index in [1.807, 2.05) is 12.1 Å². The highest BCUT2D eigenvalue weighted by molar-refractivity contribution is 9.10. The Kier molecular flexibility index (Phi) is 3.41. The van der Waals surface area contributed by atoms with Gasteiger partial charge in [-0.3, -0.25) is 4.79 Å². The molecular formula is C12H9BrO3. The Morgan fingerprint density at radius 3 is 2.62 bits per heavy atom. The molecule has 2 aromatic rings. The molecule has 16 heavy (non-hydrogen) atoms. The van der Waals surface area contributed by atoms with Gasteiger partial charge in [0, 0.05) is 4.47 Å². The number of hydrogen-bond donors (Lipinski definition) is 0. The van der Waals surface area contributed by atoms with Gasteiger partial charge in [-0.25, -0.2) is 0 Å². The maximum atomic E-state index is 11.5. The van der Waals surface area contributed by atoms with Crippen LogP contribution in [0.3, 0.4) is 0 Å². The summed E-state index contributed by atoms with van der Waals surface area (Å²) in [4.78, 5) is 11.5. The molecule has 4 heteroatoms. The molecule has 0 N–H and O–H groups in total. The van der Waals surface area contributed by atoms with Crippen LogP contribution in [-0.4, -0.2) is 12.4 Å². The number of ketones is 1. The van der Waals surface area contributed by atoms with Crippen molar-refractivity contribution >= 4 is 21.7 Å². The van der Waals surface area contributed by atoms with E-state index in [4.69, 9.17) is 9.15 Å². The van der Waals surface area contributed by atoms with Gasteiger partial charge in [0.1, 0.15) is 5.75 Å². The van der Waals surface area contributed by atoms with Gasteiger partial charge in [-0.05, 0) is 36.4 Å². The molecule has 3 nitrogen and oxygen atoms in total. The number of benzene rings is 1. The first kappa shape index (κ1) is 11.0. The average Bonchev–Trinajstić information content (AvgIpc) is 2.81. The smallest absolute Gasteiger partial charge is 0.235 e. The van der Waals surface area contributed by atoms with Crippen LogP contribution in [0.1, 0.15) is 10.6 Å². The van der Waals surface area contributed by atoms with Crippen molar-refractivity contribution in [2.45, 2.75) is 0 Å². The second-order valence-corrected chi connectivity index (χ2v) is 4.06. The zero-order valence-corrected chi connectivity index (χ0v) is 9.94. The van der Waals surface area contributed by atoms with Gasteiger partial charge in [0.25, 0.3) is 0 Å². The molecule has 0 saturated heterocycles. The first-order chi connectivity index (χ1) is 7.75. The maximum Gasteiger partial charge on any atom is 0.235 e. The van der Waals surface area contributed by atoms with Crippen molar-refractivity contribution in [1.82, 2.24) is 0 Å². The summed E-state index contributed by atoms with van der Waals surface area (Å²) >= 11 is 3.32. The van der Waals surface area contributed by atoms with E-state index in [0.29, 0.717) is 11.5 Å². The van der Waals surface area contributed by atoms with Gasteiger partial charge in [-0.1, -0.05) is 15.9 Å². The molecular weight excluding hydrogens is 272 g/mol. The molecule has 0 bridgehead atoms. The Morgan fingerprint density at radius 2 is 2.00 bits per heavy atom. The maximum absolute atomic E-state index is 11.5. The van der Waals surface area contributed by atoms with Gasteiger partial charge in [-0.2, -0.15) is 0 Å². The Hall–Kier alpha value is -1.55. The lowest BCUT2D eigenvalue weighted by Gasteiger charge is -2.03. The Bertz CT molecular complexity index is 460. The summed E-state index contributed by atoms with van der Waals surface area (Å²) in [5.74, 6) is 0.799. The predicted molar refractivity (Wildman–Crippen MR) is 62.7 cm³/mol. The minimum atomic E-state index is -0.173. The predicted octanol–water partition coefficient (Wildman–Crippen LogP) is 3.30. The molecule has 0 radical (unpaired) electrons. The molecule has 0 fully saturated rings. The number of furan rings is 1. The van der Waals surface area contributed by atoms with E-state index >= 15 is 0 Å². The number of hydrogen-bond acceptors (Lipinski definition) is 3. The number of Topliss-reactive ketones (excluding diaryl/α,β-unsaturated/α-hetero) is 1. The van der Waals surface area contributed by atoms with Crippen LogP contribution in [0.4, 0.5) is 0 Å². The fourth-order valence-electron chi connectivity index (χ4n) is 1.19. The summed E-state index contributed by atoms with van der Waals surface area (Å²) in [6.45, 7) is -0.0187. The lowest BCUT2D eigenvalue weighted by molar-refractivity contribution is 0.0894. The van der Waals surface area contributed by atoms with Crippen LogP contribution in [0, 0.1) is 0 Å². The zero-order chi connectivity index (χ0) is 11.4. The highest BCUT2D eigenvalue weighted by atomic mass is 79.9. The second kappa shape index (κ2) is 4.99. The highest BCUT2D eigenvalue weighted by Crippen LogP contribution is 2.16. The van der Waals surface area contributed by atoms with Gasteiger partial charge in [0.2, 0.25) is 5.78 Å². The topological polar surface area (TPSA) is 39.4 Å². The molecule has 0 aliphatic carbocycles. The highest BCUT2D eigenvalue weighted by Gasteiger charge is 2.09. The molecule has 0 aliphatic rings. The number of carbonyl (C=O) groups excluding carboxylic acids is 1. The second-order valence-electron chi connectivity index (χ2n) is 3.14. The Balaban J connectivity index is 1.93. The Labute approximate surface area is 101 Å². The summed E-state index contributed by atoms with van der Waals surface area (Å²) in [7, 11) is 0. The fourth-order valence-corrected chi connectivity index (χ4v) is 1.45. The third kappa shape index (κ3) is 2.73. The van der Waals surface area contributed by atoms with E-state index in [1.165, 1.54) is 6.26 Å². The van der Waals surface area contributed by atoms with Crippen LogP contribution in [0.5, 0.6) is 5.75 Å². The largest absolute Gasteiger partial charge is 0.485 e. The number of ether oxygens (including phenoxy) is 1. The monoisotopic (exact) mass is 280 g/mol. The standard InChI is InChI=1S/C12H9BrO3/c13-9-3-5-10(6-4-9)16-8-11(14)12-2-1-7-15-12/h1-7H,8H2. The molecule has 82 valence electrons. The van der Waals surface area contributed by atoms with Crippen molar-refractivity contribution in [3.63, 3.8) is 0 Å². The lowest BCUT2D eigenvalue weighted by atomic mass is 10.3. The van der Waals surface area contributed by atoms with E-state index in [0.717, 1.165) is 4.47 Å². The molecule has 0 unspecified atom stereocenters. The molecule has 2 rings (SSSR count). The SMILES string of the molecule is O=C(COc1ccc(Br)cc1)c1ccco1. The van der Waals surface area contributed by atoms with Crippen molar-refractivity contribution in [2.75, 3.05) is 6.61 Å². The third-order valence-corrected chi connectivity index (χ3v) is 2.51. The van der Waals surface area contributed by atoms with Crippen LogP contribution in [0.25, 0.3) is 0 Å². The Morgan fingerprint density at radius 1 is 1.25 bits per heavy atom. The minimum Gasteiger partial charge on any atom is -0.485 e. The zero-order valence-electron chi connectivity index (χ0n) is 8.35. The van der Waals surface area contributed by atoms with E-state index in [9.17, 15) is 4.79 Å². The number of carbonyl (C=O) groups is 1. The molecule has 1 aromatic heterocycles. The van der Waals surface area contributed by atoms with E-state index in [-0.39, 0.29) is 12.4 Å². The van der Waals surface area contributed by atoms with Crippen LogP contribution in [0.2, 0.25) is 0 Å². The van der Waals surface area contributed by atoms with Gasteiger partial charge >= 0.3 is 0 Å². The molecule has 0 spiro atoms. The summed E-state index contributed by atoms with van der Waals surface area (Å²) < 4.78 is 11.3. The van der Waals surface area contributed by atoms with Crippen molar-refractivity contribution in [3.05, 3.63) is 52.9 Å². The van der Waals surface area contributed by atoms with Crippen LogP contribution in [-0.2, 0) is 0 Å². The first-order valence-electron chi connectivity index (χ1n) is 4.71. The number of rotatable bonds is 4. The summed E-state index contributed by atoms with van der Waals surface area (Å²) in [5, 5.41) is 0. The fraction of sp³-hybridized carbons (Fsp3) is 0.0833. The number of halogens is 1. The lowest BCUT2D eigenvalue weighted by Crippen LogP contribution is -2.10. The van der Waals surface area contributed by atoms with Crippen molar-refractivity contribution in [2.24, 2.45) is 0 Å². The first-order valence-corrected chi connectivity index (χ1v) is 5.50. The molecule has 0 saturated carbocycles. The minimum absolute atomic E-state index is 0.0187. The molecule has 0 atom stereocenters. The van der Waals surface area contributed by atoms with Crippen molar-refractivity contribution in [1.29, 1.82) is 0 Å². The quantitative estimate of drug-likeness (QED) is 0.807. The van der Waals surface area contributed by atoms with Gasteiger partial charge in [-0.15, -0.1) is 0 Å². The van der Waals surface area contributed by atoms with Gasteiger partial charge < -0.3 is 9.15 Å². The molecule has 1 aromatic carbocycles. The van der Waals surface area contributed by atoms with E-state index in [2.05, 4.69) is 15.9 Å². The van der Waals surface area contributed by atoms with Crippen LogP contribution < -0.4 is 4.74 Å². The average molecular weight is 281 g/mol. The third-order valence-electron chi connectivity index (χ3n) is 1.98. The molecule has 0 aliphatic heterocycles. The normalized spacial score (nSPS) is 10.1. The van der Waals surface area contributed by atoms with Crippen molar-refractivity contribution < 1.29 is 13.9 Å². The van der Waals surface area contributed by atoms with Crippen LogP contribution in [0.15, 0.2) is 51.6 Å². The van der Waals surface area contributed by atoms with Gasteiger partial charge in [0.15, 0.2) is 12.4 Å². The van der Waals surface area contributed by atoms with Crippen LogP contribution >= 0.6 is 15.9 Å². The summed E-state index contributed by atoms with van der Waals surface area (Å²) in [6, 6.07) is 10.6. The van der Waals surface area contributed by atoms with E-state index < -0.39 is 0 Å². The summed E-state index contributed by atoms with van der Waals surface area (Å²) in [6.07, 6.45) is 1.47. The van der Waals surface area contributed by atoms with Crippen molar-refractivity contribution in [3.8, 4) is 5.75 Å². The van der Waals surface area contributed by atoms with E-state index in [1.54, 1.807) is 24.3 Å². The molecule has 0 amide bonds. The van der Waals surface area contributed by atoms with Gasteiger partial charge in [0.05, 0.1) is 6.26 Å². The summed E-state index contributed by atoms with van der Waals surface area (Å²) in [5.41, 5.74) is 0. The molecule has 1 heterocycles.